The van der Waals surface area contributed by atoms with Crippen LogP contribution in [0, 0.1) is 0 Å². The summed E-state index contributed by atoms with van der Waals surface area (Å²) in [4.78, 5) is 12.5. The Labute approximate surface area is 147 Å². The number of carbonyl (C=O) groups excluding carboxylic acids is 1. The Bertz CT molecular complexity index is 992. The number of sulfone groups is 2. The minimum absolute atomic E-state index is 0.0161. The molecule has 0 atom stereocenters. The molecular formula is C17H19NO5S2. The average Bonchev–Trinajstić information content (AvgIpc) is 2.54. The molecule has 25 heavy (non-hydrogen) atoms. The first kappa shape index (κ1) is 19.1. The Balaban J connectivity index is 2.29. The SMILES string of the molecule is CC(C)S(=O)(=O)c1ccc(C(=O)Nc2ccccc2S(C)(=O)=O)cc1. The quantitative estimate of drug-likeness (QED) is 0.858. The molecule has 0 bridgehead atoms. The molecule has 0 radical (unpaired) electrons. The van der Waals surface area contributed by atoms with Gasteiger partial charge in [0.05, 0.1) is 20.7 Å². The lowest BCUT2D eigenvalue weighted by Crippen LogP contribution is -2.16. The second kappa shape index (κ2) is 6.97. The van der Waals surface area contributed by atoms with E-state index < -0.39 is 30.8 Å². The zero-order valence-electron chi connectivity index (χ0n) is 14.1. The van der Waals surface area contributed by atoms with E-state index in [1.807, 2.05) is 0 Å². The molecule has 134 valence electrons. The lowest BCUT2D eigenvalue weighted by Gasteiger charge is -2.11. The summed E-state index contributed by atoms with van der Waals surface area (Å²) >= 11 is 0. The summed E-state index contributed by atoms with van der Waals surface area (Å²) in [6.07, 6.45) is 1.06. The molecule has 2 aromatic rings. The standard InChI is InChI=1S/C17H19NO5S2/c1-12(2)25(22,23)14-10-8-13(9-11-14)17(19)18-15-6-4-5-7-16(15)24(3,20)21/h4-12H,1-3H3,(H,18,19). The molecule has 0 saturated carbocycles. The maximum Gasteiger partial charge on any atom is 0.255 e. The maximum atomic E-state index is 12.3. The van der Waals surface area contributed by atoms with Crippen LogP contribution in [0.2, 0.25) is 0 Å². The summed E-state index contributed by atoms with van der Waals surface area (Å²) in [5, 5.41) is 1.99. The van der Waals surface area contributed by atoms with Gasteiger partial charge in [0.15, 0.2) is 19.7 Å². The summed E-state index contributed by atoms with van der Waals surface area (Å²) in [6, 6.07) is 11.6. The van der Waals surface area contributed by atoms with Crippen LogP contribution in [-0.4, -0.2) is 34.2 Å². The van der Waals surface area contributed by atoms with Gasteiger partial charge in [0.25, 0.3) is 5.91 Å². The molecule has 6 nitrogen and oxygen atoms in total. The fourth-order valence-corrected chi connectivity index (χ4v) is 4.06. The highest BCUT2D eigenvalue weighted by atomic mass is 32.2. The van der Waals surface area contributed by atoms with Gasteiger partial charge in [0, 0.05) is 11.8 Å². The largest absolute Gasteiger partial charge is 0.321 e. The molecule has 1 N–H and O–H groups in total. The third kappa shape index (κ3) is 4.26. The molecule has 0 aromatic heterocycles. The van der Waals surface area contributed by atoms with Crippen LogP contribution in [0.4, 0.5) is 5.69 Å². The van der Waals surface area contributed by atoms with E-state index in [9.17, 15) is 21.6 Å². The third-order valence-electron chi connectivity index (χ3n) is 3.60. The summed E-state index contributed by atoms with van der Waals surface area (Å²) in [5.74, 6) is -0.524. The first-order chi connectivity index (χ1) is 11.5. The van der Waals surface area contributed by atoms with Gasteiger partial charge in [-0.3, -0.25) is 4.79 Å². The van der Waals surface area contributed by atoms with Gasteiger partial charge in [-0.05, 0) is 50.2 Å². The zero-order valence-corrected chi connectivity index (χ0v) is 15.7. The fraction of sp³-hybridized carbons (Fsp3) is 0.235. The fourth-order valence-electron chi connectivity index (χ4n) is 2.16. The van der Waals surface area contributed by atoms with E-state index in [1.54, 1.807) is 26.0 Å². The molecule has 0 heterocycles. The molecule has 0 unspecified atom stereocenters. The Hall–Kier alpha value is -2.19. The van der Waals surface area contributed by atoms with Crippen LogP contribution in [0.3, 0.4) is 0 Å². The minimum Gasteiger partial charge on any atom is -0.321 e. The normalized spacial score (nSPS) is 12.2. The first-order valence-corrected chi connectivity index (χ1v) is 10.9. The molecule has 0 aliphatic carbocycles. The van der Waals surface area contributed by atoms with Gasteiger partial charge in [-0.2, -0.15) is 0 Å². The van der Waals surface area contributed by atoms with Gasteiger partial charge in [-0.1, -0.05) is 12.1 Å². The predicted octanol–water partition coefficient (Wildman–Crippen LogP) is 2.52. The topological polar surface area (TPSA) is 97.4 Å². The molecule has 1 amide bonds. The molecule has 0 aliphatic rings. The minimum atomic E-state index is -3.49. The highest BCUT2D eigenvalue weighted by molar-refractivity contribution is 7.92. The van der Waals surface area contributed by atoms with Gasteiger partial charge in [-0.25, -0.2) is 16.8 Å². The van der Waals surface area contributed by atoms with E-state index in [0.717, 1.165) is 6.26 Å². The molecule has 0 saturated heterocycles. The van der Waals surface area contributed by atoms with E-state index in [-0.39, 0.29) is 21.0 Å². The number of anilines is 1. The van der Waals surface area contributed by atoms with E-state index in [0.29, 0.717) is 0 Å². The summed E-state index contributed by atoms with van der Waals surface area (Å²) in [6.45, 7) is 3.16. The van der Waals surface area contributed by atoms with Gasteiger partial charge in [0.2, 0.25) is 0 Å². The molecule has 0 spiro atoms. The summed E-state index contributed by atoms with van der Waals surface area (Å²) in [7, 11) is -6.91. The van der Waals surface area contributed by atoms with Crippen molar-refractivity contribution in [3.8, 4) is 0 Å². The highest BCUT2D eigenvalue weighted by Crippen LogP contribution is 2.22. The van der Waals surface area contributed by atoms with Crippen LogP contribution in [0.5, 0.6) is 0 Å². The third-order valence-corrected chi connectivity index (χ3v) is 6.93. The van der Waals surface area contributed by atoms with Crippen molar-refractivity contribution in [2.45, 2.75) is 28.9 Å². The summed E-state index contributed by atoms with van der Waals surface area (Å²) < 4.78 is 47.7. The Morgan fingerprint density at radius 1 is 0.920 bits per heavy atom. The Morgan fingerprint density at radius 2 is 1.48 bits per heavy atom. The van der Waals surface area contributed by atoms with Crippen LogP contribution in [0.25, 0.3) is 0 Å². The number of carbonyl (C=O) groups is 1. The van der Waals surface area contributed by atoms with Gasteiger partial charge in [-0.15, -0.1) is 0 Å². The van der Waals surface area contributed by atoms with Gasteiger partial charge >= 0.3 is 0 Å². The van der Waals surface area contributed by atoms with Crippen molar-refractivity contribution in [3.05, 3.63) is 54.1 Å². The smallest absolute Gasteiger partial charge is 0.255 e. The second-order valence-electron chi connectivity index (χ2n) is 5.84. The zero-order chi connectivity index (χ0) is 18.8. The van der Waals surface area contributed by atoms with E-state index in [2.05, 4.69) is 5.32 Å². The Kier molecular flexibility index (Phi) is 5.34. The molecule has 2 rings (SSSR count). The van der Waals surface area contributed by atoms with Crippen LogP contribution >= 0.6 is 0 Å². The number of hydrogen-bond donors (Lipinski definition) is 1. The number of amides is 1. The van der Waals surface area contributed by atoms with Crippen LogP contribution in [0.15, 0.2) is 58.3 Å². The highest BCUT2D eigenvalue weighted by Gasteiger charge is 2.20. The van der Waals surface area contributed by atoms with Crippen LogP contribution in [0.1, 0.15) is 24.2 Å². The van der Waals surface area contributed by atoms with Gasteiger partial charge in [0.1, 0.15) is 0 Å². The van der Waals surface area contributed by atoms with Crippen molar-refractivity contribution in [2.24, 2.45) is 0 Å². The predicted molar refractivity (Wildman–Crippen MR) is 96.3 cm³/mol. The lowest BCUT2D eigenvalue weighted by molar-refractivity contribution is 0.102. The van der Waals surface area contributed by atoms with Crippen molar-refractivity contribution in [3.63, 3.8) is 0 Å². The second-order valence-corrected chi connectivity index (χ2v) is 10.3. The van der Waals surface area contributed by atoms with E-state index in [1.165, 1.54) is 36.4 Å². The molecule has 2 aromatic carbocycles. The number of rotatable bonds is 5. The van der Waals surface area contributed by atoms with Crippen LogP contribution in [-0.2, 0) is 19.7 Å². The lowest BCUT2D eigenvalue weighted by atomic mass is 10.2. The van der Waals surface area contributed by atoms with Crippen molar-refractivity contribution in [2.75, 3.05) is 11.6 Å². The molecule has 0 aliphatic heterocycles. The van der Waals surface area contributed by atoms with Crippen molar-refractivity contribution >= 4 is 31.3 Å². The first-order valence-electron chi connectivity index (χ1n) is 7.48. The number of hydrogen-bond acceptors (Lipinski definition) is 5. The van der Waals surface area contributed by atoms with E-state index in [4.69, 9.17) is 0 Å². The van der Waals surface area contributed by atoms with E-state index >= 15 is 0 Å². The van der Waals surface area contributed by atoms with Crippen molar-refractivity contribution in [1.29, 1.82) is 0 Å². The monoisotopic (exact) mass is 381 g/mol. The average molecular weight is 381 g/mol. The van der Waals surface area contributed by atoms with Gasteiger partial charge < -0.3 is 5.32 Å². The summed E-state index contributed by atoms with van der Waals surface area (Å²) in [5.41, 5.74) is 0.403. The van der Waals surface area contributed by atoms with Crippen LogP contribution < -0.4 is 5.32 Å². The Morgan fingerprint density at radius 3 is 2.00 bits per heavy atom. The molecular weight excluding hydrogens is 362 g/mol. The molecule has 0 fully saturated rings. The number of nitrogens with one attached hydrogen (secondary N) is 1. The van der Waals surface area contributed by atoms with Crippen molar-refractivity contribution in [1.82, 2.24) is 0 Å². The van der Waals surface area contributed by atoms with Crippen molar-refractivity contribution < 1.29 is 21.6 Å². The molecule has 8 heteroatoms. The maximum absolute atomic E-state index is 12.3. The number of benzene rings is 2. The number of para-hydroxylation sites is 1.